The lowest BCUT2D eigenvalue weighted by Gasteiger charge is -2.37. The fraction of sp³-hybridized carbons (Fsp3) is 0.818. The van der Waals surface area contributed by atoms with Gasteiger partial charge in [-0.05, 0) is 69.1 Å². The van der Waals surface area contributed by atoms with Crippen molar-refractivity contribution in [1.82, 2.24) is 26.2 Å². The van der Waals surface area contributed by atoms with Gasteiger partial charge in [0.1, 0.15) is 12.1 Å². The Kier molecular flexibility index (Phi) is 11.6. The Balaban J connectivity index is 1.79. The molecular formula is C33H55N5O6. The van der Waals surface area contributed by atoms with Gasteiger partial charge in [-0.25, -0.2) is 4.79 Å². The van der Waals surface area contributed by atoms with Gasteiger partial charge in [-0.2, -0.15) is 0 Å². The van der Waals surface area contributed by atoms with E-state index in [1.807, 2.05) is 41.5 Å². The molecule has 0 aromatic carbocycles. The minimum absolute atomic E-state index is 0.0351. The van der Waals surface area contributed by atoms with Crippen molar-refractivity contribution in [2.24, 2.45) is 29.1 Å². The molecule has 2 aliphatic carbocycles. The van der Waals surface area contributed by atoms with E-state index in [0.29, 0.717) is 19.4 Å². The van der Waals surface area contributed by atoms with E-state index in [9.17, 15) is 28.8 Å². The van der Waals surface area contributed by atoms with Gasteiger partial charge in [-0.1, -0.05) is 60.3 Å². The van der Waals surface area contributed by atoms with Crippen molar-refractivity contribution in [1.29, 1.82) is 0 Å². The zero-order chi connectivity index (χ0) is 33.0. The van der Waals surface area contributed by atoms with E-state index in [4.69, 9.17) is 0 Å². The summed E-state index contributed by atoms with van der Waals surface area (Å²) in [5.41, 5.74) is -0.643. The molecule has 3 rings (SSSR count). The molecule has 11 heteroatoms. The summed E-state index contributed by atoms with van der Waals surface area (Å²) < 4.78 is 0. The van der Waals surface area contributed by atoms with Crippen LogP contribution in [0.15, 0.2) is 0 Å². The van der Waals surface area contributed by atoms with E-state index in [1.165, 1.54) is 0 Å². The van der Waals surface area contributed by atoms with E-state index < -0.39 is 47.3 Å². The number of fused-ring (bicyclic) bond motifs is 1. The van der Waals surface area contributed by atoms with Crippen LogP contribution in [0.25, 0.3) is 0 Å². The molecule has 3 fully saturated rings. The Morgan fingerprint density at radius 1 is 0.955 bits per heavy atom. The molecule has 1 aliphatic heterocycles. The lowest BCUT2D eigenvalue weighted by atomic mass is 9.83. The maximum absolute atomic E-state index is 14.3. The van der Waals surface area contributed by atoms with E-state index in [1.54, 1.807) is 4.90 Å². The van der Waals surface area contributed by atoms with E-state index >= 15 is 0 Å². The van der Waals surface area contributed by atoms with Crippen LogP contribution < -0.4 is 21.3 Å². The molecule has 0 aromatic rings. The summed E-state index contributed by atoms with van der Waals surface area (Å²) in [6.45, 7) is 15.6. The molecule has 11 nitrogen and oxygen atoms in total. The Morgan fingerprint density at radius 2 is 1.59 bits per heavy atom. The number of piperidine rings is 1. The molecule has 0 aromatic heterocycles. The summed E-state index contributed by atoms with van der Waals surface area (Å²) in [5.74, 6) is -2.50. The van der Waals surface area contributed by atoms with Crippen LogP contribution in [-0.2, 0) is 24.0 Å². The second kappa shape index (κ2) is 14.4. The first-order valence-electron chi connectivity index (χ1n) is 16.5. The average Bonchev–Trinajstić information content (AvgIpc) is 3.25. The number of hydrogen-bond acceptors (Lipinski definition) is 6. The maximum Gasteiger partial charge on any atom is 0.315 e. The van der Waals surface area contributed by atoms with Gasteiger partial charge in [0.25, 0.3) is 5.91 Å². The zero-order valence-electron chi connectivity index (χ0n) is 28.0. The van der Waals surface area contributed by atoms with Crippen molar-refractivity contribution in [2.45, 2.75) is 130 Å². The van der Waals surface area contributed by atoms with Crippen LogP contribution in [0.5, 0.6) is 0 Å². The largest absolute Gasteiger partial charge is 0.344 e. The van der Waals surface area contributed by atoms with Gasteiger partial charge in [-0.15, -0.1) is 0 Å². The molecule has 1 heterocycles. The van der Waals surface area contributed by atoms with Crippen molar-refractivity contribution >= 4 is 35.3 Å². The highest BCUT2D eigenvalue weighted by atomic mass is 16.2. The van der Waals surface area contributed by atoms with Crippen LogP contribution >= 0.6 is 0 Å². The Labute approximate surface area is 262 Å². The Hall–Kier alpha value is -2.98. The quantitative estimate of drug-likeness (QED) is 0.233. The highest BCUT2D eigenvalue weighted by Crippen LogP contribution is 2.65. The molecule has 1 saturated heterocycles. The number of likely N-dealkylation sites (tertiary alicyclic amines) is 1. The molecule has 5 amide bonds. The first kappa shape index (κ1) is 35.5. The average molecular weight is 618 g/mol. The Morgan fingerprint density at radius 3 is 2.16 bits per heavy atom. The summed E-state index contributed by atoms with van der Waals surface area (Å²) >= 11 is 0. The SMILES string of the molecule is CCCC(NC(=O)[C@@H]1[C@@H]2[C@H](CN1C(=O)[C@@H](NC(=O)NC(C)(C)C)C1CCCCC1)C2(C)C)C(=O)C(=O)NCC(=O)CC(C)C. The number of ketones is 2. The molecule has 1 unspecified atom stereocenters. The standard InChI is InChI=1S/C33H55N5O6/c1-9-13-23(27(40)29(42)34-17-21(39)16-19(2)3)35-28(41)26-24-22(33(24,7)8)18-38(26)30(43)25(20-14-11-10-12-15-20)36-31(44)37-32(4,5)6/h19-20,22-26H,9-18H2,1-8H3,(H,34,42)(H,35,41)(H2,36,37,44)/t22-,23?,24-,25-,26-/m0/s1. The highest BCUT2D eigenvalue weighted by molar-refractivity contribution is 6.38. The van der Waals surface area contributed by atoms with Gasteiger partial charge in [0, 0.05) is 18.5 Å². The van der Waals surface area contributed by atoms with Gasteiger partial charge >= 0.3 is 6.03 Å². The summed E-state index contributed by atoms with van der Waals surface area (Å²) in [6.07, 6.45) is 5.75. The second-order valence-electron chi connectivity index (χ2n) is 15.1. The van der Waals surface area contributed by atoms with Crippen LogP contribution in [0.4, 0.5) is 4.79 Å². The summed E-state index contributed by atoms with van der Waals surface area (Å²) in [6, 6.07) is -3.08. The van der Waals surface area contributed by atoms with E-state index in [-0.39, 0.29) is 53.7 Å². The number of nitrogens with one attached hydrogen (secondary N) is 4. The summed E-state index contributed by atoms with van der Waals surface area (Å²) in [7, 11) is 0. The second-order valence-corrected chi connectivity index (χ2v) is 15.1. The van der Waals surface area contributed by atoms with Crippen LogP contribution in [0.2, 0.25) is 0 Å². The van der Waals surface area contributed by atoms with Crippen LogP contribution in [0.3, 0.4) is 0 Å². The maximum atomic E-state index is 14.3. The number of urea groups is 1. The molecule has 0 spiro atoms. The normalized spacial score (nSPS) is 24.1. The van der Waals surface area contributed by atoms with E-state index in [0.717, 1.165) is 32.1 Å². The topological polar surface area (TPSA) is 154 Å². The van der Waals surface area contributed by atoms with Gasteiger partial charge < -0.3 is 26.2 Å². The smallest absolute Gasteiger partial charge is 0.315 e. The summed E-state index contributed by atoms with van der Waals surface area (Å²) in [5, 5.41) is 11.1. The van der Waals surface area contributed by atoms with Crippen LogP contribution in [0, 0.1) is 29.1 Å². The number of carbonyl (C=O) groups is 6. The predicted molar refractivity (Wildman–Crippen MR) is 167 cm³/mol. The molecule has 0 bridgehead atoms. The van der Waals surface area contributed by atoms with Crippen molar-refractivity contribution in [2.75, 3.05) is 13.1 Å². The monoisotopic (exact) mass is 617 g/mol. The van der Waals surface area contributed by atoms with Gasteiger partial charge in [-0.3, -0.25) is 24.0 Å². The molecule has 5 atom stereocenters. The lowest BCUT2D eigenvalue weighted by Crippen LogP contribution is -2.61. The first-order valence-corrected chi connectivity index (χ1v) is 16.5. The van der Waals surface area contributed by atoms with Gasteiger partial charge in [0.2, 0.25) is 17.6 Å². The minimum Gasteiger partial charge on any atom is -0.344 e. The van der Waals surface area contributed by atoms with Crippen LogP contribution in [-0.4, -0.2) is 77.0 Å². The van der Waals surface area contributed by atoms with Crippen LogP contribution in [0.1, 0.15) is 107 Å². The fourth-order valence-corrected chi connectivity index (χ4v) is 7.12. The van der Waals surface area contributed by atoms with Gasteiger partial charge in [0.15, 0.2) is 5.78 Å². The molecule has 2 saturated carbocycles. The third kappa shape index (κ3) is 8.81. The number of hydrogen-bond donors (Lipinski definition) is 4. The zero-order valence-corrected chi connectivity index (χ0v) is 28.0. The number of rotatable bonds is 13. The number of amides is 5. The third-order valence-corrected chi connectivity index (χ3v) is 9.44. The van der Waals surface area contributed by atoms with Crippen molar-refractivity contribution < 1.29 is 28.8 Å². The fourth-order valence-electron chi connectivity index (χ4n) is 7.12. The third-order valence-electron chi connectivity index (χ3n) is 9.44. The molecule has 4 N–H and O–H groups in total. The number of nitrogens with zero attached hydrogens (tertiary/aromatic N) is 1. The van der Waals surface area contributed by atoms with Crippen molar-refractivity contribution in [3.63, 3.8) is 0 Å². The lowest BCUT2D eigenvalue weighted by molar-refractivity contribution is -0.145. The molecular weight excluding hydrogens is 562 g/mol. The Bertz CT molecular complexity index is 1110. The van der Waals surface area contributed by atoms with E-state index in [2.05, 4.69) is 35.1 Å². The molecule has 248 valence electrons. The molecule has 44 heavy (non-hydrogen) atoms. The minimum atomic E-state index is -1.07. The number of carbonyl (C=O) groups excluding carboxylic acids is 6. The van der Waals surface area contributed by atoms with Gasteiger partial charge in [0.05, 0.1) is 12.6 Å². The summed E-state index contributed by atoms with van der Waals surface area (Å²) in [4.78, 5) is 80.7. The van der Waals surface area contributed by atoms with Crippen molar-refractivity contribution in [3.8, 4) is 0 Å². The highest BCUT2D eigenvalue weighted by Gasteiger charge is 2.69. The first-order chi connectivity index (χ1) is 20.5. The molecule has 0 radical (unpaired) electrons. The molecule has 3 aliphatic rings. The van der Waals surface area contributed by atoms with Crippen molar-refractivity contribution in [3.05, 3.63) is 0 Å². The number of Topliss-reactive ketones (excluding diaryl/α,β-unsaturated/α-hetero) is 2. The predicted octanol–water partition coefficient (Wildman–Crippen LogP) is 3.10.